The normalized spacial score (nSPS) is 11.8. The second-order valence-corrected chi connectivity index (χ2v) is 5.41. The largest absolute Gasteiger partial charge is 0.465 e. The molecule has 1 unspecified atom stereocenters. The van der Waals surface area contributed by atoms with Crippen molar-refractivity contribution in [2.45, 2.75) is 19.9 Å². The molecule has 1 atom stereocenters. The third kappa shape index (κ3) is 6.14. The van der Waals surface area contributed by atoms with E-state index in [4.69, 9.17) is 10.5 Å². The van der Waals surface area contributed by atoms with Crippen LogP contribution in [0.4, 0.5) is 10.1 Å². The highest BCUT2D eigenvalue weighted by atomic mass is 32.2. The van der Waals surface area contributed by atoms with Crippen LogP contribution in [-0.4, -0.2) is 36.0 Å². The molecule has 0 aliphatic carbocycles. The molecule has 0 spiro atoms. The van der Waals surface area contributed by atoms with Crippen LogP contribution < -0.4 is 11.1 Å². The number of nitrogens with one attached hydrogen (secondary N) is 1. The maximum Gasteiger partial charge on any atom is 0.323 e. The van der Waals surface area contributed by atoms with Gasteiger partial charge in [-0.15, -0.1) is 11.8 Å². The molecule has 0 aromatic heterocycles. The molecule has 0 aliphatic rings. The third-order valence-corrected chi connectivity index (χ3v) is 3.65. The van der Waals surface area contributed by atoms with E-state index in [2.05, 4.69) is 5.32 Å². The second-order valence-electron chi connectivity index (χ2n) is 4.38. The molecule has 1 rings (SSSR count). The molecule has 1 amide bonds. The van der Waals surface area contributed by atoms with Crippen molar-refractivity contribution in [3.8, 4) is 0 Å². The van der Waals surface area contributed by atoms with Crippen molar-refractivity contribution in [1.82, 2.24) is 0 Å². The van der Waals surface area contributed by atoms with Crippen molar-refractivity contribution in [3.63, 3.8) is 0 Å². The first-order valence-corrected chi connectivity index (χ1v) is 7.65. The van der Waals surface area contributed by atoms with Gasteiger partial charge >= 0.3 is 5.97 Å². The maximum atomic E-state index is 13.1. The van der Waals surface area contributed by atoms with Gasteiger partial charge in [-0.1, -0.05) is 6.07 Å². The summed E-state index contributed by atoms with van der Waals surface area (Å²) in [5, 5.41) is 2.62. The Balaban J connectivity index is 2.38. The van der Waals surface area contributed by atoms with Gasteiger partial charge in [0, 0.05) is 11.4 Å². The van der Waals surface area contributed by atoms with E-state index >= 15 is 0 Å². The number of halogens is 1. The van der Waals surface area contributed by atoms with Crippen molar-refractivity contribution in [2.75, 3.05) is 23.4 Å². The van der Waals surface area contributed by atoms with Crippen molar-refractivity contribution in [1.29, 1.82) is 0 Å². The zero-order chi connectivity index (χ0) is 15.8. The Bertz CT molecular complexity index is 511. The minimum Gasteiger partial charge on any atom is -0.465 e. The summed E-state index contributed by atoms with van der Waals surface area (Å²) >= 11 is 1.22. The summed E-state index contributed by atoms with van der Waals surface area (Å²) in [6.45, 7) is 3.75. The van der Waals surface area contributed by atoms with E-state index in [-0.39, 0.29) is 24.0 Å². The highest BCUT2D eigenvalue weighted by Gasteiger charge is 2.15. The minimum absolute atomic E-state index is 0.128. The highest BCUT2D eigenvalue weighted by Crippen LogP contribution is 2.16. The number of hydrogen-bond acceptors (Lipinski definition) is 5. The fraction of sp³-hybridized carbons (Fsp3) is 0.429. The van der Waals surface area contributed by atoms with Crippen molar-refractivity contribution in [3.05, 3.63) is 29.6 Å². The molecule has 3 N–H and O–H groups in total. The molecule has 1 aromatic carbocycles. The number of benzene rings is 1. The van der Waals surface area contributed by atoms with E-state index in [9.17, 15) is 14.0 Å². The van der Waals surface area contributed by atoms with E-state index < -0.39 is 17.8 Å². The maximum absolute atomic E-state index is 13.1. The first kappa shape index (κ1) is 17.5. The predicted octanol–water partition coefficient (Wildman–Crippen LogP) is 1.70. The first-order chi connectivity index (χ1) is 9.93. The molecule has 21 heavy (non-hydrogen) atoms. The third-order valence-electron chi connectivity index (χ3n) is 2.59. The zero-order valence-electron chi connectivity index (χ0n) is 12.0. The lowest BCUT2D eigenvalue weighted by Crippen LogP contribution is -2.35. The summed E-state index contributed by atoms with van der Waals surface area (Å²) in [6, 6.07) is 3.44. The van der Waals surface area contributed by atoms with Gasteiger partial charge in [-0.3, -0.25) is 9.59 Å². The second kappa shape index (κ2) is 8.63. The van der Waals surface area contributed by atoms with Gasteiger partial charge in [0.15, 0.2) is 0 Å². The summed E-state index contributed by atoms with van der Waals surface area (Å²) in [4.78, 5) is 23.0. The van der Waals surface area contributed by atoms with Gasteiger partial charge in [-0.05, 0) is 31.5 Å². The topological polar surface area (TPSA) is 81.4 Å². The quantitative estimate of drug-likeness (QED) is 0.749. The number of rotatable bonds is 7. The average molecular weight is 314 g/mol. The summed E-state index contributed by atoms with van der Waals surface area (Å²) in [5.41, 5.74) is 6.83. The van der Waals surface area contributed by atoms with Crippen LogP contribution in [-0.2, 0) is 14.3 Å². The van der Waals surface area contributed by atoms with Crippen LogP contribution in [0, 0.1) is 12.7 Å². The fourth-order valence-corrected chi connectivity index (χ4v) is 2.28. The predicted molar refractivity (Wildman–Crippen MR) is 81.7 cm³/mol. The van der Waals surface area contributed by atoms with E-state index in [0.717, 1.165) is 5.56 Å². The molecule has 0 saturated heterocycles. The first-order valence-electron chi connectivity index (χ1n) is 6.50. The lowest BCUT2D eigenvalue weighted by molar-refractivity contribution is -0.144. The number of esters is 1. The lowest BCUT2D eigenvalue weighted by atomic mass is 10.2. The molecule has 0 heterocycles. The molecule has 0 radical (unpaired) electrons. The summed E-state index contributed by atoms with van der Waals surface area (Å²) in [7, 11) is 0. The summed E-state index contributed by atoms with van der Waals surface area (Å²) in [5.74, 6) is -0.749. The number of nitrogens with two attached hydrogens (primary N) is 1. The molecule has 1 aromatic rings. The van der Waals surface area contributed by atoms with Crippen LogP contribution >= 0.6 is 11.8 Å². The van der Waals surface area contributed by atoms with Crippen LogP contribution in [0.25, 0.3) is 0 Å². The highest BCUT2D eigenvalue weighted by molar-refractivity contribution is 8.00. The number of hydrogen-bond donors (Lipinski definition) is 2. The molecular weight excluding hydrogens is 295 g/mol. The lowest BCUT2D eigenvalue weighted by Gasteiger charge is -2.11. The molecule has 5 nitrogen and oxygen atoms in total. The Labute approximate surface area is 127 Å². The number of thioether (sulfide) groups is 1. The van der Waals surface area contributed by atoms with E-state index in [1.54, 1.807) is 19.9 Å². The fourth-order valence-electron chi connectivity index (χ4n) is 1.51. The summed E-state index contributed by atoms with van der Waals surface area (Å²) in [6.07, 6.45) is 0. The number of amides is 1. The van der Waals surface area contributed by atoms with E-state index in [1.807, 2.05) is 0 Å². The number of ether oxygens (including phenoxy) is 1. The van der Waals surface area contributed by atoms with Crippen molar-refractivity contribution in [2.24, 2.45) is 5.73 Å². The van der Waals surface area contributed by atoms with Crippen LogP contribution in [0.3, 0.4) is 0 Å². The molecule has 0 saturated carbocycles. The molecule has 7 heteroatoms. The zero-order valence-corrected chi connectivity index (χ0v) is 12.8. The molecule has 0 aliphatic heterocycles. The Hall–Kier alpha value is -1.60. The summed E-state index contributed by atoms with van der Waals surface area (Å²) < 4.78 is 17.9. The smallest absolute Gasteiger partial charge is 0.323 e. The van der Waals surface area contributed by atoms with Gasteiger partial charge < -0.3 is 15.8 Å². The molecular formula is C14H19FN2O3S. The Morgan fingerprint density at radius 1 is 1.48 bits per heavy atom. The molecule has 0 fully saturated rings. The molecule has 116 valence electrons. The number of carbonyl (C=O) groups excluding carboxylic acids is 2. The number of aryl methyl sites for hydroxylation is 1. The Kier molecular flexibility index (Phi) is 7.18. The number of anilines is 1. The van der Waals surface area contributed by atoms with Gasteiger partial charge in [-0.25, -0.2) is 4.39 Å². The molecule has 0 bridgehead atoms. The van der Waals surface area contributed by atoms with Gasteiger partial charge in [0.1, 0.15) is 11.9 Å². The van der Waals surface area contributed by atoms with E-state index in [1.165, 1.54) is 23.9 Å². The van der Waals surface area contributed by atoms with Gasteiger partial charge in [-0.2, -0.15) is 0 Å². The van der Waals surface area contributed by atoms with Crippen molar-refractivity contribution < 1.29 is 18.7 Å². The van der Waals surface area contributed by atoms with Gasteiger partial charge in [0.2, 0.25) is 5.91 Å². The standard InChI is InChI=1S/C14H19FN2O3S/c1-3-20-14(19)11(16)7-21-8-13(18)17-12-6-10(15)5-4-9(12)2/h4-6,11H,3,7-8,16H2,1-2H3,(H,17,18). The van der Waals surface area contributed by atoms with Gasteiger partial charge in [0.05, 0.1) is 12.4 Å². The average Bonchev–Trinajstić information content (AvgIpc) is 2.43. The van der Waals surface area contributed by atoms with Crippen LogP contribution in [0.5, 0.6) is 0 Å². The van der Waals surface area contributed by atoms with E-state index in [0.29, 0.717) is 5.69 Å². The monoisotopic (exact) mass is 314 g/mol. The Morgan fingerprint density at radius 2 is 2.19 bits per heavy atom. The SMILES string of the molecule is CCOC(=O)C(N)CSCC(=O)Nc1cc(F)ccc1C. The van der Waals surface area contributed by atoms with Crippen LogP contribution in [0.2, 0.25) is 0 Å². The van der Waals surface area contributed by atoms with Crippen LogP contribution in [0.1, 0.15) is 12.5 Å². The number of carbonyl (C=O) groups is 2. The minimum atomic E-state index is -0.751. The Morgan fingerprint density at radius 3 is 2.86 bits per heavy atom. The van der Waals surface area contributed by atoms with Gasteiger partial charge in [0.25, 0.3) is 0 Å². The van der Waals surface area contributed by atoms with Crippen molar-refractivity contribution >= 4 is 29.3 Å². The van der Waals surface area contributed by atoms with Crippen LogP contribution in [0.15, 0.2) is 18.2 Å².